The van der Waals surface area contributed by atoms with Crippen LogP contribution in [0.15, 0.2) is 74.9 Å². The second kappa shape index (κ2) is 11.4. The van der Waals surface area contributed by atoms with Crippen LogP contribution in [0.3, 0.4) is 0 Å². The molecule has 0 spiro atoms. The highest BCUT2D eigenvalue weighted by atomic mass is 16.5. The summed E-state index contributed by atoms with van der Waals surface area (Å²) < 4.78 is 13.3. The molecule has 0 radical (unpaired) electrons. The summed E-state index contributed by atoms with van der Waals surface area (Å²) in [5.41, 5.74) is 0.774. The van der Waals surface area contributed by atoms with Gasteiger partial charge in [0.1, 0.15) is 17.8 Å². The fourth-order valence-electron chi connectivity index (χ4n) is 4.13. The monoisotopic (exact) mass is 489 g/mol. The van der Waals surface area contributed by atoms with Gasteiger partial charge in [-0.3, -0.25) is 23.5 Å². The molecule has 0 saturated carbocycles. The first-order valence-corrected chi connectivity index (χ1v) is 11.7. The lowest BCUT2D eigenvalue weighted by Crippen LogP contribution is -2.40. The third-order valence-corrected chi connectivity index (χ3v) is 5.98. The highest BCUT2D eigenvalue weighted by Crippen LogP contribution is 2.21. The Morgan fingerprint density at radius 3 is 2.64 bits per heavy atom. The van der Waals surface area contributed by atoms with E-state index in [-0.39, 0.29) is 31.0 Å². The van der Waals surface area contributed by atoms with E-state index in [2.05, 4.69) is 5.32 Å². The van der Waals surface area contributed by atoms with E-state index in [1.54, 1.807) is 60.9 Å². The van der Waals surface area contributed by atoms with E-state index in [0.717, 1.165) is 6.29 Å². The molecule has 9 nitrogen and oxygen atoms in total. The Kier molecular flexibility index (Phi) is 7.79. The molecule has 4 rings (SSSR count). The first-order valence-electron chi connectivity index (χ1n) is 11.7. The number of ether oxygens (including phenoxy) is 1. The number of rotatable bonds is 11. The predicted molar refractivity (Wildman–Crippen MR) is 134 cm³/mol. The van der Waals surface area contributed by atoms with Crippen molar-refractivity contribution in [3.8, 4) is 5.75 Å². The number of methoxy groups -OCH3 is 1. The van der Waals surface area contributed by atoms with Crippen molar-refractivity contribution in [2.24, 2.45) is 0 Å². The molecular weight excluding hydrogens is 462 g/mol. The topological polar surface area (TPSA) is 113 Å². The third-order valence-electron chi connectivity index (χ3n) is 5.98. The quantitative estimate of drug-likeness (QED) is 0.256. The molecular formula is C27H27N3O6. The first-order chi connectivity index (χ1) is 17.5. The third kappa shape index (κ3) is 5.46. The summed E-state index contributed by atoms with van der Waals surface area (Å²) in [5, 5.41) is 3.20. The van der Waals surface area contributed by atoms with Crippen molar-refractivity contribution in [2.75, 3.05) is 7.11 Å². The zero-order valence-electron chi connectivity index (χ0n) is 19.9. The van der Waals surface area contributed by atoms with Gasteiger partial charge in [0.15, 0.2) is 0 Å². The number of amides is 1. The van der Waals surface area contributed by atoms with Gasteiger partial charge in [-0.05, 0) is 55.3 Å². The number of unbranched alkanes of at least 4 members (excludes halogenated alkanes) is 1. The maximum atomic E-state index is 13.5. The molecule has 2 aromatic carbocycles. The molecule has 2 aromatic heterocycles. The van der Waals surface area contributed by atoms with Crippen LogP contribution in [-0.4, -0.2) is 28.4 Å². The van der Waals surface area contributed by atoms with Crippen molar-refractivity contribution < 1.29 is 18.7 Å². The lowest BCUT2D eigenvalue weighted by atomic mass is 10.1. The number of furan rings is 1. The van der Waals surface area contributed by atoms with E-state index < -0.39 is 5.69 Å². The van der Waals surface area contributed by atoms with Gasteiger partial charge >= 0.3 is 5.69 Å². The number of nitrogens with zero attached hydrogens (tertiary/aromatic N) is 2. The second-order valence-electron chi connectivity index (χ2n) is 8.34. The second-order valence-corrected chi connectivity index (χ2v) is 8.34. The van der Waals surface area contributed by atoms with Crippen LogP contribution in [0.1, 0.15) is 40.9 Å². The van der Waals surface area contributed by atoms with Crippen molar-refractivity contribution in [3.63, 3.8) is 0 Å². The molecule has 0 saturated heterocycles. The van der Waals surface area contributed by atoms with Crippen molar-refractivity contribution >= 4 is 23.1 Å². The Balaban J connectivity index is 1.54. The average Bonchev–Trinajstić information content (AvgIpc) is 3.43. The minimum Gasteiger partial charge on any atom is -0.496 e. The van der Waals surface area contributed by atoms with Crippen LogP contribution in [0, 0.1) is 0 Å². The lowest BCUT2D eigenvalue weighted by Gasteiger charge is -2.16. The molecule has 0 aliphatic heterocycles. The SMILES string of the molecule is COc1ccc(C=O)cc1Cn1c(=O)n(CCCCC(=O)NCc2ccco2)c(=O)c2ccccc21. The van der Waals surface area contributed by atoms with Gasteiger partial charge < -0.3 is 14.5 Å². The number of para-hydroxylation sites is 1. The highest BCUT2D eigenvalue weighted by Gasteiger charge is 2.15. The normalized spacial score (nSPS) is 10.9. The van der Waals surface area contributed by atoms with Crippen molar-refractivity contribution in [2.45, 2.75) is 38.9 Å². The lowest BCUT2D eigenvalue weighted by molar-refractivity contribution is -0.121. The molecule has 0 aliphatic carbocycles. The Hall–Kier alpha value is -4.40. The van der Waals surface area contributed by atoms with Crippen LogP contribution < -0.4 is 21.3 Å². The number of aldehydes is 1. The van der Waals surface area contributed by atoms with Crippen LogP contribution in [0.25, 0.3) is 10.9 Å². The standard InChI is InChI=1S/C27H27N3O6/c1-35-24-12-11-19(18-31)15-20(24)17-30-23-9-3-2-8-22(23)26(33)29(27(30)34)13-5-4-10-25(32)28-16-21-7-6-14-36-21/h2-3,6-9,11-12,14-15,18H,4-5,10,13,16-17H2,1H3,(H,28,32). The summed E-state index contributed by atoms with van der Waals surface area (Å²) in [6, 6.07) is 15.5. The number of hydrogen-bond acceptors (Lipinski definition) is 6. The minimum atomic E-state index is -0.459. The van der Waals surface area contributed by atoms with E-state index in [1.807, 2.05) is 0 Å². The van der Waals surface area contributed by atoms with Crippen molar-refractivity contribution in [3.05, 3.63) is 98.6 Å². The number of carbonyl (C=O) groups is 2. The Bertz CT molecular complexity index is 1480. The zero-order chi connectivity index (χ0) is 25.5. The van der Waals surface area contributed by atoms with Gasteiger partial charge in [-0.1, -0.05) is 12.1 Å². The van der Waals surface area contributed by atoms with Crippen LogP contribution in [0.2, 0.25) is 0 Å². The smallest absolute Gasteiger partial charge is 0.331 e. The van der Waals surface area contributed by atoms with Gasteiger partial charge in [0, 0.05) is 24.1 Å². The van der Waals surface area contributed by atoms with Crippen molar-refractivity contribution in [1.82, 2.24) is 14.5 Å². The van der Waals surface area contributed by atoms with Crippen LogP contribution in [-0.2, 0) is 24.4 Å². The van der Waals surface area contributed by atoms with Crippen LogP contribution in [0.5, 0.6) is 5.75 Å². The molecule has 0 fully saturated rings. The van der Waals surface area contributed by atoms with Crippen LogP contribution >= 0.6 is 0 Å². The molecule has 36 heavy (non-hydrogen) atoms. The van der Waals surface area contributed by atoms with E-state index in [1.165, 1.54) is 16.2 Å². The van der Waals surface area contributed by atoms with Crippen molar-refractivity contribution in [1.29, 1.82) is 0 Å². The zero-order valence-corrected chi connectivity index (χ0v) is 19.9. The van der Waals surface area contributed by atoms with Gasteiger partial charge in [-0.15, -0.1) is 0 Å². The largest absolute Gasteiger partial charge is 0.496 e. The molecule has 0 atom stereocenters. The number of hydrogen-bond donors (Lipinski definition) is 1. The van der Waals surface area contributed by atoms with E-state index >= 15 is 0 Å². The Morgan fingerprint density at radius 1 is 1.06 bits per heavy atom. The molecule has 0 aliphatic rings. The Labute approximate surface area is 206 Å². The fraction of sp³-hybridized carbons (Fsp3) is 0.259. The molecule has 2 heterocycles. The summed E-state index contributed by atoms with van der Waals surface area (Å²) in [6.45, 7) is 0.620. The molecule has 186 valence electrons. The summed E-state index contributed by atoms with van der Waals surface area (Å²) in [5.74, 6) is 1.08. The summed E-state index contributed by atoms with van der Waals surface area (Å²) >= 11 is 0. The number of carbonyl (C=O) groups excluding carboxylic acids is 2. The number of fused-ring (bicyclic) bond motifs is 1. The Morgan fingerprint density at radius 2 is 1.89 bits per heavy atom. The van der Waals surface area contributed by atoms with Gasteiger partial charge in [0.2, 0.25) is 5.91 Å². The molecule has 0 bridgehead atoms. The maximum Gasteiger partial charge on any atom is 0.331 e. The summed E-state index contributed by atoms with van der Waals surface area (Å²) in [4.78, 5) is 50.0. The van der Waals surface area contributed by atoms with E-state index in [0.29, 0.717) is 52.9 Å². The van der Waals surface area contributed by atoms with E-state index in [9.17, 15) is 19.2 Å². The molecule has 9 heteroatoms. The summed E-state index contributed by atoms with van der Waals surface area (Å²) in [6.07, 6.45) is 3.54. The number of nitrogens with one attached hydrogen (secondary N) is 1. The van der Waals surface area contributed by atoms with Gasteiger partial charge in [0.05, 0.1) is 37.4 Å². The maximum absolute atomic E-state index is 13.5. The summed E-state index contributed by atoms with van der Waals surface area (Å²) in [7, 11) is 1.52. The van der Waals surface area contributed by atoms with Gasteiger partial charge in [-0.25, -0.2) is 4.79 Å². The molecule has 0 unspecified atom stereocenters. The minimum absolute atomic E-state index is 0.125. The number of aromatic nitrogens is 2. The molecule has 4 aromatic rings. The highest BCUT2D eigenvalue weighted by molar-refractivity contribution is 5.78. The fourth-order valence-corrected chi connectivity index (χ4v) is 4.13. The van der Waals surface area contributed by atoms with E-state index in [4.69, 9.17) is 9.15 Å². The molecule has 1 N–H and O–H groups in total. The molecule has 1 amide bonds. The van der Waals surface area contributed by atoms with Crippen LogP contribution in [0.4, 0.5) is 0 Å². The average molecular weight is 490 g/mol. The van der Waals surface area contributed by atoms with Gasteiger partial charge in [0.25, 0.3) is 5.56 Å². The number of benzene rings is 2. The first kappa shape index (κ1) is 24.7. The predicted octanol–water partition coefficient (Wildman–Crippen LogP) is 3.11. The van der Waals surface area contributed by atoms with Gasteiger partial charge in [-0.2, -0.15) is 0 Å².